The monoisotopic (exact) mass is 378 g/mol. The van der Waals surface area contributed by atoms with Crippen molar-refractivity contribution in [2.24, 2.45) is 0 Å². The number of rotatable bonds is 3. The van der Waals surface area contributed by atoms with Crippen LogP contribution in [0.3, 0.4) is 0 Å². The molecule has 3 atom stereocenters. The van der Waals surface area contributed by atoms with Gasteiger partial charge in [-0.05, 0) is 68.1 Å². The molecule has 2 aliphatic heterocycles. The fourth-order valence-electron chi connectivity index (χ4n) is 5.35. The van der Waals surface area contributed by atoms with Crippen molar-refractivity contribution < 1.29 is 0 Å². The van der Waals surface area contributed by atoms with Gasteiger partial charge in [0.05, 0.1) is 0 Å². The zero-order chi connectivity index (χ0) is 18.7. The molecule has 2 nitrogen and oxygen atoms in total. The lowest BCUT2D eigenvalue weighted by Gasteiger charge is -2.32. The van der Waals surface area contributed by atoms with E-state index in [0.717, 1.165) is 11.6 Å². The van der Waals surface area contributed by atoms with E-state index in [-0.39, 0.29) is 0 Å². The topological polar surface area (TPSA) is 8.17 Å². The summed E-state index contributed by atoms with van der Waals surface area (Å²) in [6, 6.07) is 16.7. The largest absolute Gasteiger partial charge is 0.344 e. The minimum Gasteiger partial charge on any atom is -0.344 e. The molecule has 3 heteroatoms. The highest BCUT2D eigenvalue weighted by atomic mass is 35.5. The van der Waals surface area contributed by atoms with Crippen LogP contribution in [0.2, 0.25) is 5.02 Å². The zero-order valence-electron chi connectivity index (χ0n) is 16.4. The summed E-state index contributed by atoms with van der Waals surface area (Å²) in [5.41, 5.74) is 7.32. The van der Waals surface area contributed by atoms with Gasteiger partial charge in [-0.15, -0.1) is 0 Å². The maximum Gasteiger partial charge on any atom is 0.0486 e. The molecule has 0 saturated carbocycles. The molecular weight excluding hydrogens is 352 g/mol. The number of aryl methyl sites for hydroxylation is 1. The zero-order valence-corrected chi connectivity index (χ0v) is 17.1. The van der Waals surface area contributed by atoms with Crippen molar-refractivity contribution in [1.29, 1.82) is 0 Å². The molecule has 1 aromatic heterocycles. The predicted molar refractivity (Wildman–Crippen MR) is 114 cm³/mol. The maximum atomic E-state index is 6.09. The summed E-state index contributed by atoms with van der Waals surface area (Å²) in [4.78, 5) is 2.62. The number of benzene rings is 2. The van der Waals surface area contributed by atoms with E-state index in [2.05, 4.69) is 60.7 Å². The van der Waals surface area contributed by atoms with E-state index in [0.29, 0.717) is 18.0 Å². The highest BCUT2D eigenvalue weighted by molar-refractivity contribution is 6.30. The van der Waals surface area contributed by atoms with E-state index in [9.17, 15) is 0 Å². The summed E-state index contributed by atoms with van der Waals surface area (Å²) >= 11 is 6.09. The minimum absolute atomic E-state index is 0.459. The second kappa shape index (κ2) is 6.39. The summed E-state index contributed by atoms with van der Waals surface area (Å²) in [6.07, 6.45) is 3.81. The van der Waals surface area contributed by atoms with Crippen molar-refractivity contribution in [2.75, 3.05) is 7.05 Å². The smallest absolute Gasteiger partial charge is 0.0486 e. The molecule has 27 heavy (non-hydrogen) atoms. The van der Waals surface area contributed by atoms with Gasteiger partial charge in [-0.25, -0.2) is 0 Å². The molecule has 0 N–H and O–H groups in total. The maximum absolute atomic E-state index is 6.09. The van der Waals surface area contributed by atoms with Crippen LogP contribution in [0.15, 0.2) is 42.5 Å². The van der Waals surface area contributed by atoms with Crippen molar-refractivity contribution in [2.45, 2.75) is 57.7 Å². The Kier molecular flexibility index (Phi) is 4.10. The van der Waals surface area contributed by atoms with Crippen molar-refractivity contribution in [3.63, 3.8) is 0 Å². The first kappa shape index (κ1) is 17.3. The summed E-state index contributed by atoms with van der Waals surface area (Å²) in [5, 5.41) is 2.29. The summed E-state index contributed by atoms with van der Waals surface area (Å²) in [7, 11) is 2.32. The van der Waals surface area contributed by atoms with E-state index in [1.807, 2.05) is 12.1 Å². The van der Waals surface area contributed by atoms with Gasteiger partial charge in [0, 0.05) is 46.7 Å². The number of aromatic nitrogens is 1. The van der Waals surface area contributed by atoms with Gasteiger partial charge in [0.25, 0.3) is 0 Å². The molecule has 2 aliphatic rings. The highest BCUT2D eigenvalue weighted by Crippen LogP contribution is 2.47. The van der Waals surface area contributed by atoms with Gasteiger partial charge < -0.3 is 4.57 Å². The Hall–Kier alpha value is -1.77. The first-order valence-corrected chi connectivity index (χ1v) is 10.5. The molecular formula is C24H27ClN2. The molecule has 0 amide bonds. The SMILES string of the molecule is Cc1ccc2c(c1)c1c(n2CC(C)c2ccc(Cl)cc2)CC2CCC1N2C. The van der Waals surface area contributed by atoms with Crippen LogP contribution < -0.4 is 0 Å². The lowest BCUT2D eigenvalue weighted by molar-refractivity contribution is 0.221. The van der Waals surface area contributed by atoms with E-state index in [1.165, 1.54) is 41.3 Å². The molecule has 0 aliphatic carbocycles. The number of likely N-dealkylation sites (N-methyl/N-ethyl adjacent to an activating group) is 1. The molecule has 0 radical (unpaired) electrons. The van der Waals surface area contributed by atoms with Crippen molar-refractivity contribution in [3.8, 4) is 0 Å². The van der Waals surface area contributed by atoms with Gasteiger partial charge in [-0.1, -0.05) is 42.3 Å². The number of fused-ring (bicyclic) bond motifs is 6. The van der Waals surface area contributed by atoms with Crippen molar-refractivity contribution in [1.82, 2.24) is 9.47 Å². The summed E-state index contributed by atoms with van der Waals surface area (Å²) < 4.78 is 2.63. The standard InChI is InChI=1S/C24H27ClN2/c1-15-4-10-21-20(12-15)24-22-11-9-19(26(22)3)13-23(24)27(21)14-16(2)17-5-7-18(25)8-6-17/h4-8,10,12,16,19,22H,9,11,13-14H2,1-3H3. The van der Waals surface area contributed by atoms with Crippen LogP contribution in [0.25, 0.3) is 10.9 Å². The van der Waals surface area contributed by atoms with E-state index < -0.39 is 0 Å². The predicted octanol–water partition coefficient (Wildman–Crippen LogP) is 6.10. The molecule has 2 bridgehead atoms. The van der Waals surface area contributed by atoms with Crippen molar-refractivity contribution >= 4 is 22.5 Å². The third-order valence-corrected chi connectivity index (χ3v) is 7.12. The van der Waals surface area contributed by atoms with Crippen LogP contribution in [-0.2, 0) is 13.0 Å². The average Bonchev–Trinajstić information content (AvgIpc) is 3.06. The highest BCUT2D eigenvalue weighted by Gasteiger charge is 2.40. The van der Waals surface area contributed by atoms with Gasteiger partial charge >= 0.3 is 0 Å². The Bertz CT molecular complexity index is 1000. The number of nitrogens with zero attached hydrogens (tertiary/aromatic N) is 2. The number of hydrogen-bond acceptors (Lipinski definition) is 1. The minimum atomic E-state index is 0.459. The van der Waals surface area contributed by atoms with Gasteiger partial charge in [-0.2, -0.15) is 0 Å². The third-order valence-electron chi connectivity index (χ3n) is 6.87. The fourth-order valence-corrected chi connectivity index (χ4v) is 5.47. The van der Waals surface area contributed by atoms with E-state index >= 15 is 0 Å². The second-order valence-electron chi connectivity index (χ2n) is 8.56. The van der Waals surface area contributed by atoms with Crippen LogP contribution >= 0.6 is 11.6 Å². The van der Waals surface area contributed by atoms with Gasteiger partial charge in [-0.3, -0.25) is 4.90 Å². The number of hydrogen-bond donors (Lipinski definition) is 0. The summed E-state index contributed by atoms with van der Waals surface area (Å²) in [5.74, 6) is 0.459. The fraction of sp³-hybridized carbons (Fsp3) is 0.417. The number of halogens is 1. The van der Waals surface area contributed by atoms with Crippen molar-refractivity contribution in [3.05, 3.63) is 69.9 Å². The Labute approximate surface area is 166 Å². The normalized spacial score (nSPS) is 23.0. The van der Waals surface area contributed by atoms with Crippen LogP contribution in [0, 0.1) is 6.92 Å². The second-order valence-corrected chi connectivity index (χ2v) is 9.00. The molecule has 1 saturated heterocycles. The molecule has 2 aromatic carbocycles. The van der Waals surface area contributed by atoms with Crippen LogP contribution in [-0.4, -0.2) is 22.6 Å². The Morgan fingerprint density at radius 2 is 1.89 bits per heavy atom. The molecule has 0 spiro atoms. The molecule has 3 aromatic rings. The van der Waals surface area contributed by atoms with E-state index in [4.69, 9.17) is 11.6 Å². The molecule has 5 rings (SSSR count). The Morgan fingerprint density at radius 1 is 1.11 bits per heavy atom. The quantitative estimate of drug-likeness (QED) is 0.534. The molecule has 3 unspecified atom stereocenters. The van der Waals surface area contributed by atoms with E-state index in [1.54, 1.807) is 11.3 Å². The molecule has 1 fully saturated rings. The lowest BCUT2D eigenvalue weighted by atomic mass is 9.96. The third kappa shape index (κ3) is 2.73. The lowest BCUT2D eigenvalue weighted by Crippen LogP contribution is -2.34. The van der Waals surface area contributed by atoms with Crippen LogP contribution in [0.4, 0.5) is 0 Å². The first-order valence-electron chi connectivity index (χ1n) is 10.1. The van der Waals surface area contributed by atoms with Gasteiger partial charge in [0.1, 0.15) is 0 Å². The van der Waals surface area contributed by atoms with Gasteiger partial charge in [0.2, 0.25) is 0 Å². The Balaban J connectivity index is 1.62. The summed E-state index contributed by atoms with van der Waals surface area (Å²) in [6.45, 7) is 5.57. The molecule has 3 heterocycles. The molecule has 140 valence electrons. The van der Waals surface area contributed by atoms with Crippen LogP contribution in [0.1, 0.15) is 54.1 Å². The van der Waals surface area contributed by atoms with Gasteiger partial charge in [0.15, 0.2) is 0 Å². The Morgan fingerprint density at radius 3 is 2.67 bits per heavy atom. The van der Waals surface area contributed by atoms with Crippen LogP contribution in [0.5, 0.6) is 0 Å². The first-order chi connectivity index (χ1) is 13.0. The average molecular weight is 379 g/mol.